The molecule has 1 saturated heterocycles. The first-order valence-electron chi connectivity index (χ1n) is 9.62. The molecule has 0 aliphatic carbocycles. The number of halogens is 3. The molecule has 2 aromatic carbocycles. The first-order valence-corrected chi connectivity index (χ1v) is 11.1. The molecule has 0 aromatic heterocycles. The molecule has 1 aliphatic heterocycles. The molecule has 30 heavy (non-hydrogen) atoms. The average molecular weight is 440 g/mol. The smallest absolute Gasteiger partial charge is 0.341 e. The van der Waals surface area contributed by atoms with Crippen LogP contribution in [0.25, 0.3) is 0 Å². The Balaban J connectivity index is 2.00. The molecule has 1 fully saturated rings. The summed E-state index contributed by atoms with van der Waals surface area (Å²) in [4.78, 5) is 14.4. The van der Waals surface area contributed by atoms with E-state index in [0.717, 1.165) is 35.3 Å². The molecule has 1 heterocycles. The third kappa shape index (κ3) is 4.95. The minimum Gasteiger partial charge on any atom is -0.341 e. The third-order valence-corrected chi connectivity index (χ3v) is 6.87. The SMILES string of the molecule is C[C@H]1CCCN(C(=O)CN(c2cccc(C(F)(F)F)c2)S(=O)(=O)c2ccccc2)C1. The van der Waals surface area contributed by atoms with Gasteiger partial charge < -0.3 is 4.90 Å². The van der Waals surface area contributed by atoms with Crippen LogP contribution < -0.4 is 4.31 Å². The molecule has 0 unspecified atom stereocenters. The third-order valence-electron chi connectivity index (χ3n) is 5.08. The fraction of sp³-hybridized carbons (Fsp3) is 0.381. The van der Waals surface area contributed by atoms with Gasteiger partial charge in [0.15, 0.2) is 0 Å². The molecule has 1 amide bonds. The second kappa shape index (κ2) is 8.67. The molecular weight excluding hydrogens is 417 g/mol. The van der Waals surface area contributed by atoms with Gasteiger partial charge in [0.05, 0.1) is 16.1 Å². The van der Waals surface area contributed by atoms with Crippen LogP contribution in [-0.2, 0) is 21.0 Å². The van der Waals surface area contributed by atoms with Crippen molar-refractivity contribution >= 4 is 21.6 Å². The number of nitrogens with zero attached hydrogens (tertiary/aromatic N) is 2. The number of likely N-dealkylation sites (tertiary alicyclic amines) is 1. The van der Waals surface area contributed by atoms with Gasteiger partial charge in [-0.3, -0.25) is 9.10 Å². The summed E-state index contributed by atoms with van der Waals surface area (Å²) in [5.41, 5.74) is -1.18. The lowest BCUT2D eigenvalue weighted by atomic mass is 10.0. The first-order chi connectivity index (χ1) is 14.1. The summed E-state index contributed by atoms with van der Waals surface area (Å²) >= 11 is 0. The van der Waals surface area contributed by atoms with Gasteiger partial charge in [0.25, 0.3) is 10.0 Å². The van der Waals surface area contributed by atoms with Crippen molar-refractivity contribution in [2.45, 2.75) is 30.8 Å². The zero-order valence-corrected chi connectivity index (χ0v) is 17.3. The largest absolute Gasteiger partial charge is 0.416 e. The standard InChI is InChI=1S/C21H23F3N2O3S/c1-16-7-6-12-25(14-16)20(27)15-26(30(28,29)19-10-3-2-4-11-19)18-9-5-8-17(13-18)21(22,23)24/h2-5,8-11,13,16H,6-7,12,14-15H2,1H3/t16-/m0/s1. The van der Waals surface area contributed by atoms with E-state index in [1.54, 1.807) is 11.0 Å². The predicted octanol–water partition coefficient (Wildman–Crippen LogP) is 4.16. The summed E-state index contributed by atoms with van der Waals surface area (Å²) in [6, 6.07) is 11.4. The predicted molar refractivity (Wildman–Crippen MR) is 107 cm³/mol. The lowest BCUT2D eigenvalue weighted by molar-refractivity contribution is -0.137. The quantitative estimate of drug-likeness (QED) is 0.702. The van der Waals surface area contributed by atoms with Crippen LogP contribution in [-0.4, -0.2) is 38.9 Å². The summed E-state index contributed by atoms with van der Waals surface area (Å²) < 4.78 is 66.9. The van der Waals surface area contributed by atoms with Crippen molar-refractivity contribution in [3.8, 4) is 0 Å². The molecule has 5 nitrogen and oxygen atoms in total. The maximum Gasteiger partial charge on any atom is 0.416 e. The number of carbonyl (C=O) groups is 1. The number of hydrogen-bond acceptors (Lipinski definition) is 3. The summed E-state index contributed by atoms with van der Waals surface area (Å²) in [5.74, 6) is -0.145. The van der Waals surface area contributed by atoms with E-state index in [9.17, 15) is 26.4 Å². The van der Waals surface area contributed by atoms with Crippen molar-refractivity contribution in [2.75, 3.05) is 23.9 Å². The van der Waals surface area contributed by atoms with Crippen LogP contribution in [0.1, 0.15) is 25.3 Å². The average Bonchev–Trinajstić information content (AvgIpc) is 2.72. The number of alkyl halides is 3. The number of piperidine rings is 1. The number of hydrogen-bond donors (Lipinski definition) is 0. The van der Waals surface area contributed by atoms with E-state index < -0.39 is 34.2 Å². The Kier molecular flexibility index (Phi) is 6.40. The van der Waals surface area contributed by atoms with Crippen LogP contribution in [0.2, 0.25) is 0 Å². The van der Waals surface area contributed by atoms with Gasteiger partial charge in [0.2, 0.25) is 5.91 Å². The second-order valence-electron chi connectivity index (χ2n) is 7.46. The maximum absolute atomic E-state index is 13.3. The number of anilines is 1. The fourth-order valence-corrected chi connectivity index (χ4v) is 4.94. The van der Waals surface area contributed by atoms with Gasteiger partial charge in [0.1, 0.15) is 6.54 Å². The van der Waals surface area contributed by atoms with E-state index in [2.05, 4.69) is 0 Å². The number of carbonyl (C=O) groups excluding carboxylic acids is 1. The van der Waals surface area contributed by atoms with Crippen LogP contribution >= 0.6 is 0 Å². The zero-order valence-electron chi connectivity index (χ0n) is 16.5. The van der Waals surface area contributed by atoms with Crippen molar-refractivity contribution in [3.63, 3.8) is 0 Å². The minimum atomic E-state index is -4.63. The molecule has 1 aliphatic rings. The van der Waals surface area contributed by atoms with Crippen LogP contribution in [0.15, 0.2) is 59.5 Å². The fourth-order valence-electron chi connectivity index (χ4n) is 3.51. The Hall–Kier alpha value is -2.55. The maximum atomic E-state index is 13.3. The van der Waals surface area contributed by atoms with Crippen molar-refractivity contribution < 1.29 is 26.4 Å². The number of rotatable bonds is 5. The number of sulfonamides is 1. The van der Waals surface area contributed by atoms with Gasteiger partial charge in [-0.1, -0.05) is 31.2 Å². The minimum absolute atomic E-state index is 0.0952. The monoisotopic (exact) mass is 440 g/mol. The molecule has 9 heteroatoms. The zero-order chi connectivity index (χ0) is 21.9. The van der Waals surface area contributed by atoms with Crippen molar-refractivity contribution in [3.05, 3.63) is 60.2 Å². The Labute approximate surface area is 174 Å². The molecule has 2 aromatic rings. The molecule has 0 N–H and O–H groups in total. The molecule has 0 radical (unpaired) electrons. The Morgan fingerprint density at radius 3 is 2.47 bits per heavy atom. The summed E-state index contributed by atoms with van der Waals surface area (Å²) in [6.07, 6.45) is -2.85. The van der Waals surface area contributed by atoms with E-state index in [0.29, 0.717) is 13.1 Å². The molecule has 0 spiro atoms. The lowest BCUT2D eigenvalue weighted by Gasteiger charge is -2.33. The number of benzene rings is 2. The van der Waals surface area contributed by atoms with Crippen molar-refractivity contribution in [1.82, 2.24) is 4.90 Å². The molecule has 162 valence electrons. The Morgan fingerprint density at radius 2 is 1.83 bits per heavy atom. The highest BCUT2D eigenvalue weighted by Gasteiger charge is 2.34. The van der Waals surface area contributed by atoms with E-state index in [1.807, 2.05) is 6.92 Å². The van der Waals surface area contributed by atoms with Gasteiger partial charge >= 0.3 is 6.18 Å². The number of amides is 1. The molecule has 0 bridgehead atoms. The molecule has 1 atom stereocenters. The van der Waals surface area contributed by atoms with Crippen LogP contribution in [0.5, 0.6) is 0 Å². The van der Waals surface area contributed by atoms with E-state index in [1.165, 1.54) is 30.3 Å². The topological polar surface area (TPSA) is 57.7 Å². The van der Waals surface area contributed by atoms with E-state index in [4.69, 9.17) is 0 Å². The highest BCUT2D eigenvalue weighted by atomic mass is 32.2. The van der Waals surface area contributed by atoms with Crippen molar-refractivity contribution in [2.24, 2.45) is 5.92 Å². The normalized spacial score (nSPS) is 17.6. The van der Waals surface area contributed by atoms with E-state index >= 15 is 0 Å². The molecule has 0 saturated carbocycles. The van der Waals surface area contributed by atoms with Crippen LogP contribution in [0.3, 0.4) is 0 Å². The molecular formula is C21H23F3N2O3S. The lowest BCUT2D eigenvalue weighted by Crippen LogP contribution is -2.46. The van der Waals surface area contributed by atoms with Crippen molar-refractivity contribution in [1.29, 1.82) is 0 Å². The summed E-state index contributed by atoms with van der Waals surface area (Å²) in [5, 5.41) is 0. The Bertz CT molecular complexity index is 994. The highest BCUT2D eigenvalue weighted by Crippen LogP contribution is 2.33. The molecule has 3 rings (SSSR count). The summed E-state index contributed by atoms with van der Waals surface area (Å²) in [7, 11) is -4.25. The van der Waals surface area contributed by atoms with Gasteiger partial charge in [-0.2, -0.15) is 13.2 Å². The van der Waals surface area contributed by atoms with Crippen LogP contribution in [0.4, 0.5) is 18.9 Å². The van der Waals surface area contributed by atoms with Gasteiger partial charge in [-0.25, -0.2) is 8.42 Å². The van der Waals surface area contributed by atoms with Gasteiger partial charge in [-0.15, -0.1) is 0 Å². The Morgan fingerprint density at radius 1 is 1.13 bits per heavy atom. The second-order valence-corrected chi connectivity index (χ2v) is 9.32. The van der Waals surface area contributed by atoms with E-state index in [-0.39, 0.29) is 16.5 Å². The summed E-state index contributed by atoms with van der Waals surface area (Å²) in [6.45, 7) is 2.45. The first kappa shape index (κ1) is 22.1. The van der Waals surface area contributed by atoms with Crippen LogP contribution in [0, 0.1) is 5.92 Å². The van der Waals surface area contributed by atoms with Gasteiger partial charge in [-0.05, 0) is 49.1 Å². The van der Waals surface area contributed by atoms with Gasteiger partial charge in [0, 0.05) is 13.1 Å². The highest BCUT2D eigenvalue weighted by molar-refractivity contribution is 7.92.